The van der Waals surface area contributed by atoms with E-state index in [2.05, 4.69) is 37.2 Å². The van der Waals surface area contributed by atoms with Crippen LogP contribution in [0.2, 0.25) is 0 Å². The monoisotopic (exact) mass is 523 g/mol. The average molecular weight is 524 g/mol. The summed E-state index contributed by atoms with van der Waals surface area (Å²) in [5.41, 5.74) is 1.46. The van der Waals surface area contributed by atoms with Gasteiger partial charge in [-0.15, -0.1) is 24.0 Å². The van der Waals surface area contributed by atoms with Crippen LogP contribution in [-0.4, -0.2) is 51.0 Å². The molecule has 3 aliphatic rings. The fourth-order valence-corrected chi connectivity index (χ4v) is 4.33. The van der Waals surface area contributed by atoms with E-state index < -0.39 is 0 Å². The Labute approximate surface area is 173 Å². The second-order valence-corrected chi connectivity index (χ2v) is 7.54. The number of hydrogen-bond donors (Lipinski definition) is 1. The van der Waals surface area contributed by atoms with Crippen LogP contribution in [-0.2, 0) is 11.3 Å². The van der Waals surface area contributed by atoms with E-state index in [1.807, 2.05) is 13.1 Å². The SMILES string of the molecule is CN=C(NCc1cc(Br)c2c(c1)OCO2)N1CCC2(CCOC2)C1.I. The van der Waals surface area contributed by atoms with E-state index in [-0.39, 0.29) is 30.8 Å². The van der Waals surface area contributed by atoms with Crippen LogP contribution in [0.25, 0.3) is 0 Å². The first kappa shape index (κ1) is 19.0. The molecule has 2 fully saturated rings. The zero-order valence-electron chi connectivity index (χ0n) is 14.2. The summed E-state index contributed by atoms with van der Waals surface area (Å²) in [5.74, 6) is 2.53. The van der Waals surface area contributed by atoms with Crippen molar-refractivity contribution in [1.82, 2.24) is 10.2 Å². The summed E-state index contributed by atoms with van der Waals surface area (Å²) in [6.07, 6.45) is 2.35. The summed E-state index contributed by atoms with van der Waals surface area (Å²) in [7, 11) is 1.84. The van der Waals surface area contributed by atoms with E-state index in [1.54, 1.807) is 0 Å². The fourth-order valence-electron chi connectivity index (χ4n) is 3.72. The van der Waals surface area contributed by atoms with Gasteiger partial charge in [0.2, 0.25) is 6.79 Å². The van der Waals surface area contributed by atoms with Crippen LogP contribution in [0.3, 0.4) is 0 Å². The molecule has 3 aliphatic heterocycles. The lowest BCUT2D eigenvalue weighted by atomic mass is 9.87. The normalized spacial score (nSPS) is 24.7. The Balaban J connectivity index is 0.00000182. The van der Waals surface area contributed by atoms with Crippen LogP contribution in [0.15, 0.2) is 21.6 Å². The van der Waals surface area contributed by atoms with Crippen molar-refractivity contribution in [1.29, 1.82) is 0 Å². The summed E-state index contributed by atoms with van der Waals surface area (Å²) in [6.45, 7) is 4.82. The molecular formula is C17H23BrIN3O3. The van der Waals surface area contributed by atoms with Crippen molar-refractivity contribution in [3.63, 3.8) is 0 Å². The quantitative estimate of drug-likeness (QED) is 0.367. The van der Waals surface area contributed by atoms with Gasteiger partial charge < -0.3 is 24.4 Å². The van der Waals surface area contributed by atoms with Crippen molar-refractivity contribution in [2.45, 2.75) is 19.4 Å². The summed E-state index contributed by atoms with van der Waals surface area (Å²) in [4.78, 5) is 6.80. The number of fused-ring (bicyclic) bond motifs is 1. The smallest absolute Gasteiger partial charge is 0.231 e. The largest absolute Gasteiger partial charge is 0.454 e. The van der Waals surface area contributed by atoms with Crippen molar-refractivity contribution >= 4 is 45.9 Å². The first-order valence-electron chi connectivity index (χ1n) is 8.30. The van der Waals surface area contributed by atoms with Gasteiger partial charge in [0.25, 0.3) is 0 Å². The van der Waals surface area contributed by atoms with E-state index in [9.17, 15) is 0 Å². The van der Waals surface area contributed by atoms with E-state index in [4.69, 9.17) is 14.2 Å². The second-order valence-electron chi connectivity index (χ2n) is 6.69. The van der Waals surface area contributed by atoms with Gasteiger partial charge in [0, 0.05) is 38.7 Å². The Morgan fingerprint density at radius 3 is 3.00 bits per heavy atom. The summed E-state index contributed by atoms with van der Waals surface area (Å²) in [5, 5.41) is 3.47. The molecule has 6 nitrogen and oxygen atoms in total. The molecule has 3 heterocycles. The molecular weight excluding hydrogens is 501 g/mol. The second kappa shape index (κ2) is 7.87. The third-order valence-electron chi connectivity index (χ3n) is 5.07. The molecule has 0 saturated carbocycles. The van der Waals surface area contributed by atoms with Gasteiger partial charge in [0.05, 0.1) is 11.1 Å². The molecule has 25 heavy (non-hydrogen) atoms. The zero-order chi connectivity index (χ0) is 16.6. The number of nitrogens with one attached hydrogen (secondary N) is 1. The number of benzene rings is 1. The number of likely N-dealkylation sites (tertiary alicyclic amines) is 1. The predicted molar refractivity (Wildman–Crippen MR) is 110 cm³/mol. The first-order chi connectivity index (χ1) is 11.7. The third-order valence-corrected chi connectivity index (χ3v) is 5.66. The van der Waals surface area contributed by atoms with Gasteiger partial charge in [-0.2, -0.15) is 0 Å². The molecule has 0 aliphatic carbocycles. The maximum atomic E-state index is 5.61. The number of hydrogen-bond acceptors (Lipinski definition) is 4. The Hall–Kier alpha value is -0.740. The first-order valence-corrected chi connectivity index (χ1v) is 9.10. The Bertz CT molecular complexity index is 665. The van der Waals surface area contributed by atoms with Crippen LogP contribution in [0.5, 0.6) is 11.5 Å². The van der Waals surface area contributed by atoms with Crippen LogP contribution < -0.4 is 14.8 Å². The molecule has 138 valence electrons. The molecule has 1 spiro atoms. The number of nitrogens with zero attached hydrogens (tertiary/aromatic N) is 2. The number of ether oxygens (including phenoxy) is 3. The van der Waals surface area contributed by atoms with E-state index in [1.165, 1.54) is 6.42 Å². The standard InChI is InChI=1S/C17H22BrN3O3.HI/c1-19-16(21-4-2-17(9-21)3-5-22-10-17)20-8-12-6-13(18)15-14(7-12)23-11-24-15;/h6-7H,2-5,8-11H2,1H3,(H,19,20);1H. The topological polar surface area (TPSA) is 55.3 Å². The highest BCUT2D eigenvalue weighted by Gasteiger charge is 2.42. The molecule has 2 saturated heterocycles. The molecule has 1 aromatic carbocycles. The van der Waals surface area contributed by atoms with Gasteiger partial charge in [-0.25, -0.2) is 0 Å². The number of rotatable bonds is 2. The minimum atomic E-state index is 0. The molecule has 1 unspecified atom stereocenters. The highest BCUT2D eigenvalue weighted by atomic mass is 127. The predicted octanol–water partition coefficient (Wildman–Crippen LogP) is 2.98. The van der Waals surface area contributed by atoms with Crippen molar-refractivity contribution < 1.29 is 14.2 Å². The van der Waals surface area contributed by atoms with E-state index in [0.717, 1.165) is 60.2 Å². The van der Waals surface area contributed by atoms with E-state index >= 15 is 0 Å². The Kier molecular flexibility index (Phi) is 5.99. The fraction of sp³-hybridized carbons (Fsp3) is 0.588. The number of halogens is 2. The summed E-state index contributed by atoms with van der Waals surface area (Å²) >= 11 is 3.54. The van der Waals surface area contributed by atoms with Gasteiger partial charge >= 0.3 is 0 Å². The molecule has 1 atom stereocenters. The minimum absolute atomic E-state index is 0. The van der Waals surface area contributed by atoms with Gasteiger partial charge in [-0.3, -0.25) is 4.99 Å². The molecule has 0 aromatic heterocycles. The van der Waals surface area contributed by atoms with Crippen LogP contribution >= 0.6 is 39.9 Å². The molecule has 1 aromatic rings. The van der Waals surface area contributed by atoms with Crippen molar-refractivity contribution in [3.05, 3.63) is 22.2 Å². The van der Waals surface area contributed by atoms with Crippen molar-refractivity contribution in [2.75, 3.05) is 40.1 Å². The number of guanidine groups is 1. The lowest BCUT2D eigenvalue weighted by molar-refractivity contribution is 0.156. The Morgan fingerprint density at radius 1 is 1.36 bits per heavy atom. The lowest BCUT2D eigenvalue weighted by Crippen LogP contribution is -2.41. The van der Waals surface area contributed by atoms with Crippen LogP contribution in [0.1, 0.15) is 18.4 Å². The van der Waals surface area contributed by atoms with Gasteiger partial charge in [-0.05, 0) is 46.5 Å². The van der Waals surface area contributed by atoms with Gasteiger partial charge in [0.1, 0.15) is 0 Å². The maximum absolute atomic E-state index is 5.61. The van der Waals surface area contributed by atoms with Crippen molar-refractivity contribution in [3.8, 4) is 11.5 Å². The van der Waals surface area contributed by atoms with Gasteiger partial charge in [0.15, 0.2) is 17.5 Å². The summed E-state index contributed by atoms with van der Waals surface area (Å²) < 4.78 is 17.4. The third kappa shape index (κ3) is 3.85. The zero-order valence-corrected chi connectivity index (χ0v) is 18.1. The van der Waals surface area contributed by atoms with Crippen LogP contribution in [0, 0.1) is 5.41 Å². The summed E-state index contributed by atoms with van der Waals surface area (Å²) in [6, 6.07) is 4.08. The molecule has 4 rings (SSSR count). The lowest BCUT2D eigenvalue weighted by Gasteiger charge is -2.25. The molecule has 1 N–H and O–H groups in total. The van der Waals surface area contributed by atoms with E-state index in [0.29, 0.717) is 12.0 Å². The molecule has 0 radical (unpaired) electrons. The Morgan fingerprint density at radius 2 is 2.24 bits per heavy atom. The highest BCUT2D eigenvalue weighted by Crippen LogP contribution is 2.40. The maximum Gasteiger partial charge on any atom is 0.231 e. The highest BCUT2D eigenvalue weighted by molar-refractivity contribution is 14.0. The van der Waals surface area contributed by atoms with Crippen LogP contribution in [0.4, 0.5) is 0 Å². The molecule has 0 bridgehead atoms. The minimum Gasteiger partial charge on any atom is -0.454 e. The van der Waals surface area contributed by atoms with Crippen molar-refractivity contribution in [2.24, 2.45) is 10.4 Å². The van der Waals surface area contributed by atoms with Gasteiger partial charge in [-0.1, -0.05) is 0 Å². The average Bonchev–Trinajstić information content (AvgIpc) is 3.31. The number of aliphatic imine (C=N–C) groups is 1. The molecule has 0 amide bonds. The molecule has 8 heteroatoms.